The maximum absolute atomic E-state index is 11.6. The van der Waals surface area contributed by atoms with E-state index in [4.69, 9.17) is 0 Å². The van der Waals surface area contributed by atoms with Crippen LogP contribution in [0.5, 0.6) is 0 Å². The molecular formula is C18H18N6O2. The van der Waals surface area contributed by atoms with Crippen molar-refractivity contribution in [2.45, 2.75) is 25.7 Å². The van der Waals surface area contributed by atoms with Gasteiger partial charge in [-0.25, -0.2) is 9.97 Å². The summed E-state index contributed by atoms with van der Waals surface area (Å²) < 4.78 is 1.76. The van der Waals surface area contributed by atoms with Crippen LogP contribution in [-0.2, 0) is 16.6 Å². The molecular weight excluding hydrogens is 332 g/mol. The molecule has 3 heterocycles. The standard InChI is InChI=1S/C18H18N6O2/c1-10-16-17(24(2)23-10)18(20-9-19-16)21-13-5-3-11(4-6-13)12-7-14(25)22-15(26)8-12/h3-6,9,12H,7-8H2,1-2H3,(H,19,20,21)(H,22,25,26). The largest absolute Gasteiger partial charge is 0.338 e. The van der Waals surface area contributed by atoms with Gasteiger partial charge in [0.05, 0.1) is 5.69 Å². The number of benzene rings is 1. The summed E-state index contributed by atoms with van der Waals surface area (Å²) in [6.07, 6.45) is 2.18. The molecule has 3 aromatic rings. The monoisotopic (exact) mass is 350 g/mol. The van der Waals surface area contributed by atoms with Crippen molar-refractivity contribution in [3.8, 4) is 0 Å². The fourth-order valence-electron chi connectivity index (χ4n) is 3.35. The molecule has 2 N–H and O–H groups in total. The van der Waals surface area contributed by atoms with E-state index in [-0.39, 0.29) is 17.7 Å². The van der Waals surface area contributed by atoms with Gasteiger partial charge in [0.15, 0.2) is 5.82 Å². The Balaban J connectivity index is 1.59. The van der Waals surface area contributed by atoms with Crippen LogP contribution in [0.15, 0.2) is 30.6 Å². The zero-order valence-electron chi connectivity index (χ0n) is 14.5. The molecule has 1 aliphatic rings. The van der Waals surface area contributed by atoms with Crippen LogP contribution in [0.2, 0.25) is 0 Å². The first-order valence-corrected chi connectivity index (χ1v) is 8.35. The number of carbonyl (C=O) groups is 2. The number of carbonyl (C=O) groups excluding carboxylic acids is 2. The lowest BCUT2D eigenvalue weighted by atomic mass is 9.89. The summed E-state index contributed by atoms with van der Waals surface area (Å²) in [5.41, 5.74) is 4.34. The normalized spacial score (nSPS) is 15.3. The first-order chi connectivity index (χ1) is 12.5. The average molecular weight is 350 g/mol. The first kappa shape index (κ1) is 16.2. The summed E-state index contributed by atoms with van der Waals surface area (Å²) in [6.45, 7) is 1.91. The van der Waals surface area contributed by atoms with E-state index in [1.165, 1.54) is 6.33 Å². The van der Waals surface area contributed by atoms with E-state index in [1.54, 1.807) is 4.68 Å². The second-order valence-corrected chi connectivity index (χ2v) is 6.45. The van der Waals surface area contributed by atoms with Crippen molar-refractivity contribution in [2.75, 3.05) is 5.32 Å². The number of nitrogens with zero attached hydrogens (tertiary/aromatic N) is 4. The minimum Gasteiger partial charge on any atom is -0.338 e. The highest BCUT2D eigenvalue weighted by Crippen LogP contribution is 2.29. The van der Waals surface area contributed by atoms with Crippen molar-refractivity contribution in [3.05, 3.63) is 41.9 Å². The zero-order chi connectivity index (χ0) is 18.3. The van der Waals surface area contributed by atoms with Gasteiger partial charge in [0.25, 0.3) is 0 Å². The highest BCUT2D eigenvalue weighted by molar-refractivity contribution is 5.98. The molecule has 0 spiro atoms. The number of imide groups is 1. The smallest absolute Gasteiger partial charge is 0.227 e. The predicted octanol–water partition coefficient (Wildman–Crippen LogP) is 1.94. The number of fused-ring (bicyclic) bond motifs is 1. The van der Waals surface area contributed by atoms with Crippen LogP contribution in [0.4, 0.5) is 11.5 Å². The molecule has 2 aromatic heterocycles. The number of nitrogens with one attached hydrogen (secondary N) is 2. The van der Waals surface area contributed by atoms with E-state index in [0.29, 0.717) is 18.7 Å². The Kier molecular flexibility index (Phi) is 3.87. The maximum atomic E-state index is 11.6. The molecule has 0 aliphatic carbocycles. The lowest BCUT2D eigenvalue weighted by Gasteiger charge is -2.21. The molecule has 132 valence electrons. The second kappa shape index (κ2) is 6.21. The third kappa shape index (κ3) is 2.90. The van der Waals surface area contributed by atoms with Crippen LogP contribution < -0.4 is 10.6 Å². The highest BCUT2D eigenvalue weighted by Gasteiger charge is 2.26. The zero-order valence-corrected chi connectivity index (χ0v) is 14.5. The van der Waals surface area contributed by atoms with Gasteiger partial charge in [-0.3, -0.25) is 19.6 Å². The SMILES string of the molecule is Cc1nn(C)c2c(Nc3ccc(C4CC(=O)NC(=O)C4)cc3)ncnc12. The Morgan fingerprint density at radius 2 is 1.81 bits per heavy atom. The summed E-state index contributed by atoms with van der Waals surface area (Å²) in [4.78, 5) is 31.7. The van der Waals surface area contributed by atoms with Crippen LogP contribution in [0.3, 0.4) is 0 Å². The van der Waals surface area contributed by atoms with Crippen LogP contribution in [0.1, 0.15) is 30.0 Å². The molecule has 1 aliphatic heterocycles. The number of aryl methyl sites for hydroxylation is 2. The summed E-state index contributed by atoms with van der Waals surface area (Å²) in [6, 6.07) is 7.71. The van der Waals surface area contributed by atoms with Crippen LogP contribution in [-0.4, -0.2) is 31.6 Å². The minimum atomic E-state index is -0.219. The van der Waals surface area contributed by atoms with E-state index in [2.05, 4.69) is 25.7 Å². The molecule has 1 fully saturated rings. The number of aromatic nitrogens is 4. The molecule has 1 aromatic carbocycles. The summed E-state index contributed by atoms with van der Waals surface area (Å²) in [7, 11) is 1.86. The molecule has 0 unspecified atom stereocenters. The number of rotatable bonds is 3. The molecule has 4 rings (SSSR count). The van der Waals surface area contributed by atoms with Crippen LogP contribution in [0.25, 0.3) is 11.0 Å². The summed E-state index contributed by atoms with van der Waals surface area (Å²) in [5.74, 6) is 0.167. The van der Waals surface area contributed by atoms with Gasteiger partial charge in [0.2, 0.25) is 11.8 Å². The molecule has 8 nitrogen and oxygen atoms in total. The van der Waals surface area contributed by atoms with Crippen molar-refractivity contribution >= 4 is 34.4 Å². The van der Waals surface area contributed by atoms with Crippen molar-refractivity contribution < 1.29 is 9.59 Å². The molecule has 2 amide bonds. The third-order valence-electron chi connectivity index (χ3n) is 4.58. The Bertz CT molecular complexity index is 992. The fraction of sp³-hybridized carbons (Fsp3) is 0.278. The van der Waals surface area contributed by atoms with Gasteiger partial charge in [-0.05, 0) is 24.6 Å². The van der Waals surface area contributed by atoms with Gasteiger partial charge < -0.3 is 5.32 Å². The van der Waals surface area contributed by atoms with Gasteiger partial charge >= 0.3 is 0 Å². The first-order valence-electron chi connectivity index (χ1n) is 8.35. The average Bonchev–Trinajstić information content (AvgIpc) is 2.90. The molecule has 8 heteroatoms. The molecule has 1 saturated heterocycles. The van der Waals surface area contributed by atoms with Crippen LogP contribution in [0, 0.1) is 6.92 Å². The number of amides is 2. The van der Waals surface area contributed by atoms with E-state index < -0.39 is 0 Å². The van der Waals surface area contributed by atoms with Crippen molar-refractivity contribution in [2.24, 2.45) is 7.05 Å². The van der Waals surface area contributed by atoms with Crippen molar-refractivity contribution in [1.29, 1.82) is 0 Å². The van der Waals surface area contributed by atoms with Gasteiger partial charge in [-0.1, -0.05) is 12.1 Å². The quantitative estimate of drug-likeness (QED) is 0.700. The van der Waals surface area contributed by atoms with Gasteiger partial charge in [0.1, 0.15) is 17.4 Å². The lowest BCUT2D eigenvalue weighted by Crippen LogP contribution is -2.37. The fourth-order valence-corrected chi connectivity index (χ4v) is 3.35. The molecule has 0 radical (unpaired) electrons. The Morgan fingerprint density at radius 3 is 2.50 bits per heavy atom. The number of hydrogen-bond acceptors (Lipinski definition) is 6. The van der Waals surface area contributed by atoms with Gasteiger partial charge in [0, 0.05) is 31.5 Å². The molecule has 0 bridgehead atoms. The minimum absolute atomic E-state index is 0.0734. The van der Waals surface area contributed by atoms with Crippen molar-refractivity contribution in [1.82, 2.24) is 25.1 Å². The highest BCUT2D eigenvalue weighted by atomic mass is 16.2. The predicted molar refractivity (Wildman–Crippen MR) is 95.9 cm³/mol. The number of piperidine rings is 1. The van der Waals surface area contributed by atoms with E-state index in [0.717, 1.165) is 28.0 Å². The van der Waals surface area contributed by atoms with E-state index in [9.17, 15) is 9.59 Å². The van der Waals surface area contributed by atoms with Gasteiger partial charge in [-0.15, -0.1) is 0 Å². The van der Waals surface area contributed by atoms with E-state index in [1.807, 2.05) is 38.2 Å². The topological polar surface area (TPSA) is 102 Å². The third-order valence-corrected chi connectivity index (χ3v) is 4.58. The Labute approximate surface area is 149 Å². The van der Waals surface area contributed by atoms with E-state index >= 15 is 0 Å². The molecule has 0 saturated carbocycles. The number of anilines is 2. The van der Waals surface area contributed by atoms with Crippen LogP contribution >= 0.6 is 0 Å². The van der Waals surface area contributed by atoms with Crippen molar-refractivity contribution in [3.63, 3.8) is 0 Å². The number of hydrogen-bond donors (Lipinski definition) is 2. The Morgan fingerprint density at radius 1 is 1.12 bits per heavy atom. The van der Waals surface area contributed by atoms with Gasteiger partial charge in [-0.2, -0.15) is 5.10 Å². The molecule has 26 heavy (non-hydrogen) atoms. The lowest BCUT2D eigenvalue weighted by molar-refractivity contribution is -0.133. The summed E-state index contributed by atoms with van der Waals surface area (Å²) in [5, 5.41) is 10.0. The second-order valence-electron chi connectivity index (χ2n) is 6.45. The maximum Gasteiger partial charge on any atom is 0.227 e. The summed E-state index contributed by atoms with van der Waals surface area (Å²) >= 11 is 0. The Hall–Kier alpha value is -3.29. The molecule has 0 atom stereocenters.